The van der Waals surface area contributed by atoms with Crippen molar-refractivity contribution in [2.45, 2.75) is 6.54 Å². The molecule has 2 heterocycles. The highest BCUT2D eigenvalue weighted by molar-refractivity contribution is 6.05. The van der Waals surface area contributed by atoms with Crippen LogP contribution in [0.15, 0.2) is 42.7 Å². The number of pyridine rings is 1. The maximum Gasteiger partial charge on any atom is 0.254 e. The van der Waals surface area contributed by atoms with Gasteiger partial charge >= 0.3 is 0 Å². The summed E-state index contributed by atoms with van der Waals surface area (Å²) in [5.41, 5.74) is 2.31. The summed E-state index contributed by atoms with van der Waals surface area (Å²) >= 11 is 0. The zero-order valence-electron chi connectivity index (χ0n) is 12.8. The molecule has 6 heteroatoms. The van der Waals surface area contributed by atoms with Crippen LogP contribution in [0.5, 0.6) is 5.75 Å². The number of carbonyl (C=O) groups is 1. The molecule has 3 rings (SSSR count). The first-order valence-electron chi connectivity index (χ1n) is 7.13. The number of aromatic nitrogens is 2. The Labute approximate surface area is 132 Å². The number of methoxy groups -OCH3 is 1. The zero-order valence-corrected chi connectivity index (χ0v) is 12.8. The van der Waals surface area contributed by atoms with Crippen LogP contribution in [0.2, 0.25) is 0 Å². The van der Waals surface area contributed by atoms with Crippen molar-refractivity contribution in [3.05, 3.63) is 59.7 Å². The maximum absolute atomic E-state index is 14.4. The number of benzene rings is 1. The Morgan fingerprint density at radius 2 is 2.17 bits per heavy atom. The van der Waals surface area contributed by atoms with Crippen molar-refractivity contribution in [2.24, 2.45) is 0 Å². The summed E-state index contributed by atoms with van der Waals surface area (Å²) in [5, 5.41) is 2.59. The fourth-order valence-corrected chi connectivity index (χ4v) is 2.57. The number of rotatable bonds is 4. The summed E-state index contributed by atoms with van der Waals surface area (Å²) in [7, 11) is 3.00. The highest BCUT2D eigenvalue weighted by atomic mass is 19.1. The molecule has 0 spiro atoms. The first-order chi connectivity index (χ1) is 11.2. The van der Waals surface area contributed by atoms with E-state index in [-0.39, 0.29) is 18.2 Å². The third-order valence-electron chi connectivity index (χ3n) is 3.71. The van der Waals surface area contributed by atoms with Crippen molar-refractivity contribution in [2.75, 3.05) is 14.2 Å². The number of carbonyl (C=O) groups excluding carboxylic acids is 1. The second-order valence-electron chi connectivity index (χ2n) is 5.05. The van der Waals surface area contributed by atoms with E-state index in [1.54, 1.807) is 43.7 Å². The molecule has 23 heavy (non-hydrogen) atoms. The van der Waals surface area contributed by atoms with E-state index in [2.05, 4.69) is 10.3 Å². The van der Waals surface area contributed by atoms with Gasteiger partial charge in [0.1, 0.15) is 5.52 Å². The topological polar surface area (TPSA) is 56.2 Å². The Bertz CT molecular complexity index is 873. The van der Waals surface area contributed by atoms with E-state index in [9.17, 15) is 9.18 Å². The highest BCUT2D eigenvalue weighted by Crippen LogP contribution is 2.24. The summed E-state index contributed by atoms with van der Waals surface area (Å²) in [6.07, 6.45) is 3.32. The Morgan fingerprint density at radius 3 is 2.91 bits per heavy atom. The van der Waals surface area contributed by atoms with Crippen LogP contribution in [0.4, 0.5) is 4.39 Å². The Hall–Kier alpha value is -2.89. The second-order valence-corrected chi connectivity index (χ2v) is 5.05. The lowest BCUT2D eigenvalue weighted by molar-refractivity contribution is 0.0964. The molecule has 0 radical (unpaired) electrons. The van der Waals surface area contributed by atoms with Gasteiger partial charge in [-0.25, -0.2) is 4.39 Å². The van der Waals surface area contributed by atoms with Gasteiger partial charge in [0.25, 0.3) is 5.91 Å². The van der Waals surface area contributed by atoms with Crippen LogP contribution in [0.1, 0.15) is 15.9 Å². The molecule has 0 aliphatic rings. The zero-order chi connectivity index (χ0) is 16.4. The lowest BCUT2D eigenvalue weighted by atomic mass is 10.2. The minimum Gasteiger partial charge on any atom is -0.494 e. The molecule has 0 atom stereocenters. The van der Waals surface area contributed by atoms with Gasteiger partial charge in [-0.1, -0.05) is 12.1 Å². The SMILES string of the molecule is CNC(=O)c1cn(Cc2cccc(OC)c2F)c2cccnc12. The van der Waals surface area contributed by atoms with Crippen molar-refractivity contribution in [3.63, 3.8) is 0 Å². The molecule has 1 N–H and O–H groups in total. The van der Waals surface area contributed by atoms with Crippen molar-refractivity contribution in [1.82, 2.24) is 14.9 Å². The Morgan fingerprint density at radius 1 is 1.35 bits per heavy atom. The number of nitrogens with one attached hydrogen (secondary N) is 1. The quantitative estimate of drug-likeness (QED) is 0.805. The molecule has 118 valence electrons. The van der Waals surface area contributed by atoms with Crippen molar-refractivity contribution in [3.8, 4) is 5.75 Å². The molecule has 3 aromatic rings. The summed E-state index contributed by atoms with van der Waals surface area (Å²) in [5.74, 6) is -0.426. The average molecular weight is 313 g/mol. The summed E-state index contributed by atoms with van der Waals surface area (Å²) in [6.45, 7) is 0.280. The maximum atomic E-state index is 14.4. The third kappa shape index (κ3) is 2.63. The lowest BCUT2D eigenvalue weighted by Gasteiger charge is -2.09. The van der Waals surface area contributed by atoms with Crippen LogP contribution >= 0.6 is 0 Å². The normalized spacial score (nSPS) is 10.7. The molecule has 5 nitrogen and oxygen atoms in total. The fraction of sp³-hybridized carbons (Fsp3) is 0.176. The molecule has 0 aliphatic carbocycles. The number of hydrogen-bond acceptors (Lipinski definition) is 3. The van der Waals surface area contributed by atoms with Gasteiger partial charge in [-0.05, 0) is 18.2 Å². The monoisotopic (exact) mass is 313 g/mol. The van der Waals surface area contributed by atoms with Crippen molar-refractivity contribution in [1.29, 1.82) is 0 Å². The van der Waals surface area contributed by atoms with Crippen molar-refractivity contribution < 1.29 is 13.9 Å². The minimum atomic E-state index is -0.401. The van der Waals surface area contributed by atoms with Crippen LogP contribution in [-0.4, -0.2) is 29.6 Å². The molecular formula is C17H16FN3O2. The first kappa shape index (κ1) is 15.0. The van der Waals surface area contributed by atoms with Gasteiger partial charge in [0.05, 0.1) is 24.7 Å². The van der Waals surface area contributed by atoms with Gasteiger partial charge in [-0.2, -0.15) is 0 Å². The summed E-state index contributed by atoms with van der Waals surface area (Å²) < 4.78 is 21.2. The molecule has 2 aromatic heterocycles. The van der Waals surface area contributed by atoms with Gasteiger partial charge in [0.15, 0.2) is 11.6 Å². The van der Waals surface area contributed by atoms with Gasteiger partial charge in [0, 0.05) is 25.0 Å². The molecule has 0 unspecified atom stereocenters. The number of hydrogen-bond donors (Lipinski definition) is 1. The number of nitrogens with zero attached hydrogens (tertiary/aromatic N) is 2. The molecular weight excluding hydrogens is 297 g/mol. The van der Waals surface area contributed by atoms with Gasteiger partial charge in [-0.3, -0.25) is 9.78 Å². The van der Waals surface area contributed by atoms with Crippen LogP contribution in [0.3, 0.4) is 0 Å². The predicted octanol–water partition coefficient (Wildman–Crippen LogP) is 2.59. The van der Waals surface area contributed by atoms with E-state index in [4.69, 9.17) is 4.74 Å². The van der Waals surface area contributed by atoms with Crippen LogP contribution < -0.4 is 10.1 Å². The number of halogens is 1. The summed E-state index contributed by atoms with van der Waals surface area (Å²) in [4.78, 5) is 16.3. The molecule has 1 amide bonds. The van der Waals surface area contributed by atoms with Gasteiger partial charge in [-0.15, -0.1) is 0 Å². The largest absolute Gasteiger partial charge is 0.494 e. The third-order valence-corrected chi connectivity index (χ3v) is 3.71. The average Bonchev–Trinajstić information content (AvgIpc) is 2.95. The molecule has 0 fully saturated rings. The molecule has 0 aliphatic heterocycles. The van der Waals surface area contributed by atoms with E-state index in [1.807, 2.05) is 10.6 Å². The Balaban J connectivity index is 2.09. The van der Waals surface area contributed by atoms with Crippen LogP contribution in [-0.2, 0) is 6.54 Å². The molecule has 0 bridgehead atoms. The van der Waals surface area contributed by atoms with E-state index in [1.165, 1.54) is 7.11 Å². The van der Waals surface area contributed by atoms with E-state index >= 15 is 0 Å². The van der Waals surface area contributed by atoms with E-state index < -0.39 is 5.82 Å². The molecule has 0 saturated heterocycles. The predicted molar refractivity (Wildman–Crippen MR) is 85.2 cm³/mol. The summed E-state index contributed by atoms with van der Waals surface area (Å²) in [6, 6.07) is 8.64. The standard InChI is InChI=1S/C17H16FN3O2/c1-19-17(22)12-10-21(13-6-4-8-20-16(12)13)9-11-5-3-7-14(23-2)15(11)18/h3-8,10H,9H2,1-2H3,(H,19,22). The molecule has 0 saturated carbocycles. The molecule has 1 aromatic carbocycles. The van der Waals surface area contributed by atoms with Crippen LogP contribution in [0.25, 0.3) is 11.0 Å². The van der Waals surface area contributed by atoms with Crippen molar-refractivity contribution >= 4 is 16.9 Å². The number of amides is 1. The smallest absolute Gasteiger partial charge is 0.254 e. The van der Waals surface area contributed by atoms with Gasteiger partial charge in [0.2, 0.25) is 0 Å². The number of fused-ring (bicyclic) bond motifs is 1. The minimum absolute atomic E-state index is 0.198. The number of ether oxygens (including phenoxy) is 1. The first-order valence-corrected chi connectivity index (χ1v) is 7.13. The van der Waals surface area contributed by atoms with E-state index in [0.717, 1.165) is 5.52 Å². The van der Waals surface area contributed by atoms with Gasteiger partial charge < -0.3 is 14.6 Å². The lowest BCUT2D eigenvalue weighted by Crippen LogP contribution is -2.17. The van der Waals surface area contributed by atoms with Crippen LogP contribution in [0, 0.1) is 5.82 Å². The second kappa shape index (κ2) is 6.08. The highest BCUT2D eigenvalue weighted by Gasteiger charge is 2.16. The van der Waals surface area contributed by atoms with E-state index in [0.29, 0.717) is 16.6 Å². The Kier molecular flexibility index (Phi) is 3.97. The fourth-order valence-electron chi connectivity index (χ4n) is 2.57.